The zero-order valence-electron chi connectivity index (χ0n) is 16.5. The van der Waals surface area contributed by atoms with Crippen molar-refractivity contribution in [2.24, 2.45) is 5.41 Å². The third-order valence-corrected chi connectivity index (χ3v) is 7.77. The van der Waals surface area contributed by atoms with Gasteiger partial charge in [0.25, 0.3) is 0 Å². The highest BCUT2D eigenvalue weighted by Crippen LogP contribution is 2.43. The molecule has 3 aliphatic heterocycles. The van der Waals surface area contributed by atoms with Crippen molar-refractivity contribution in [2.75, 3.05) is 32.8 Å². The van der Waals surface area contributed by atoms with E-state index in [1.807, 2.05) is 0 Å². The van der Waals surface area contributed by atoms with Crippen LogP contribution < -0.4 is 10.6 Å². The molecule has 1 aliphatic carbocycles. The van der Waals surface area contributed by atoms with Gasteiger partial charge in [-0.2, -0.15) is 0 Å². The summed E-state index contributed by atoms with van der Waals surface area (Å²) in [4.78, 5) is 2.68. The molecule has 1 spiro atoms. The van der Waals surface area contributed by atoms with Crippen molar-refractivity contribution in [1.82, 2.24) is 15.5 Å². The molecular formula is C23H35N3O. The largest absolute Gasteiger partial charge is 0.371 e. The van der Waals surface area contributed by atoms with Crippen molar-refractivity contribution in [3.63, 3.8) is 0 Å². The first-order valence-corrected chi connectivity index (χ1v) is 11.2. The van der Waals surface area contributed by atoms with Crippen molar-refractivity contribution in [2.45, 2.75) is 69.2 Å². The molecule has 4 nitrogen and oxygen atoms in total. The fourth-order valence-corrected chi connectivity index (χ4v) is 6.05. The number of ether oxygens (including phenoxy) is 1. The summed E-state index contributed by atoms with van der Waals surface area (Å²) in [5, 5.41) is 7.58. The standard InChI is InChI=1S/C23H35N3O/c1-2-4-18(5-3-1)22-16-26-15-20(14-21(26)17-27-22)25-19-6-8-23(9-7-19)10-12-24-13-11-23/h1-5,19-22,24-25H,6-17H2/t20-,21+,22-/m1/s1. The predicted molar refractivity (Wildman–Crippen MR) is 109 cm³/mol. The molecule has 2 N–H and O–H groups in total. The number of rotatable bonds is 3. The lowest BCUT2D eigenvalue weighted by Crippen LogP contribution is -2.46. The van der Waals surface area contributed by atoms with Crippen molar-refractivity contribution in [3.8, 4) is 0 Å². The molecule has 1 aromatic rings. The van der Waals surface area contributed by atoms with Gasteiger partial charge in [-0.25, -0.2) is 0 Å². The van der Waals surface area contributed by atoms with E-state index in [0.717, 1.165) is 19.2 Å². The first-order valence-electron chi connectivity index (χ1n) is 11.2. The fourth-order valence-electron chi connectivity index (χ4n) is 6.05. The molecule has 3 heterocycles. The summed E-state index contributed by atoms with van der Waals surface area (Å²) in [6.07, 6.45) is 9.93. The molecule has 4 aliphatic rings. The minimum Gasteiger partial charge on any atom is -0.371 e. The zero-order chi connectivity index (χ0) is 18.1. The highest BCUT2D eigenvalue weighted by molar-refractivity contribution is 5.19. The first kappa shape index (κ1) is 18.1. The van der Waals surface area contributed by atoms with E-state index in [2.05, 4.69) is 45.9 Å². The molecule has 3 atom stereocenters. The molecule has 4 heteroatoms. The Morgan fingerprint density at radius 3 is 2.52 bits per heavy atom. The van der Waals surface area contributed by atoms with Gasteiger partial charge in [0.15, 0.2) is 0 Å². The molecule has 1 aromatic carbocycles. The van der Waals surface area contributed by atoms with Crippen LogP contribution >= 0.6 is 0 Å². The van der Waals surface area contributed by atoms with E-state index in [0.29, 0.717) is 17.5 Å². The van der Waals surface area contributed by atoms with Crippen LogP contribution in [-0.2, 0) is 4.74 Å². The van der Waals surface area contributed by atoms with Crippen LogP contribution in [0, 0.1) is 5.41 Å². The molecule has 0 amide bonds. The predicted octanol–water partition coefficient (Wildman–Crippen LogP) is 3.10. The van der Waals surface area contributed by atoms with Gasteiger partial charge in [-0.05, 0) is 69.0 Å². The van der Waals surface area contributed by atoms with Crippen LogP contribution in [0.4, 0.5) is 0 Å². The number of hydrogen-bond acceptors (Lipinski definition) is 4. The highest BCUT2D eigenvalue weighted by Gasteiger charge is 2.40. The van der Waals surface area contributed by atoms with Gasteiger partial charge in [-0.1, -0.05) is 30.3 Å². The van der Waals surface area contributed by atoms with E-state index < -0.39 is 0 Å². The van der Waals surface area contributed by atoms with Gasteiger partial charge < -0.3 is 15.4 Å². The van der Waals surface area contributed by atoms with Crippen LogP contribution in [0.5, 0.6) is 0 Å². The summed E-state index contributed by atoms with van der Waals surface area (Å²) in [5.74, 6) is 0. The Morgan fingerprint density at radius 1 is 0.963 bits per heavy atom. The van der Waals surface area contributed by atoms with Crippen molar-refractivity contribution in [3.05, 3.63) is 35.9 Å². The monoisotopic (exact) mass is 369 g/mol. The SMILES string of the molecule is c1ccc([C@H]2CN3C[C@H](NC4CCC5(CCNCC5)CC4)C[C@H]3CO2)cc1. The number of fused-ring (bicyclic) bond motifs is 1. The Labute approximate surface area is 164 Å². The lowest BCUT2D eigenvalue weighted by Gasteiger charge is -2.43. The number of nitrogens with zero attached hydrogens (tertiary/aromatic N) is 1. The maximum absolute atomic E-state index is 6.22. The van der Waals surface area contributed by atoms with E-state index >= 15 is 0 Å². The van der Waals surface area contributed by atoms with Gasteiger partial charge in [0.05, 0.1) is 12.7 Å². The quantitative estimate of drug-likeness (QED) is 0.858. The molecule has 27 heavy (non-hydrogen) atoms. The van der Waals surface area contributed by atoms with E-state index in [1.165, 1.54) is 70.1 Å². The number of piperidine rings is 1. The Hall–Kier alpha value is -0.940. The minimum absolute atomic E-state index is 0.246. The molecule has 5 rings (SSSR count). The van der Waals surface area contributed by atoms with Crippen LogP contribution in [0.1, 0.15) is 56.6 Å². The summed E-state index contributed by atoms with van der Waals surface area (Å²) in [6.45, 7) is 5.61. The van der Waals surface area contributed by atoms with Crippen LogP contribution in [0.2, 0.25) is 0 Å². The smallest absolute Gasteiger partial charge is 0.0952 e. The lowest BCUT2D eigenvalue weighted by molar-refractivity contribution is -0.0502. The van der Waals surface area contributed by atoms with Gasteiger partial charge in [0.2, 0.25) is 0 Å². The van der Waals surface area contributed by atoms with E-state index in [9.17, 15) is 0 Å². The second-order valence-corrected chi connectivity index (χ2v) is 9.46. The second kappa shape index (κ2) is 7.82. The summed E-state index contributed by atoms with van der Waals surface area (Å²) < 4.78 is 6.22. The summed E-state index contributed by atoms with van der Waals surface area (Å²) in [6, 6.07) is 12.7. The Kier molecular flexibility index (Phi) is 5.25. The number of nitrogens with one attached hydrogen (secondary N) is 2. The van der Waals surface area contributed by atoms with Gasteiger partial charge in [-0.3, -0.25) is 4.90 Å². The summed E-state index contributed by atoms with van der Waals surface area (Å²) in [7, 11) is 0. The number of morpholine rings is 1. The molecule has 3 saturated heterocycles. The molecule has 1 saturated carbocycles. The normalized spacial score (nSPS) is 34.6. The fraction of sp³-hybridized carbons (Fsp3) is 0.739. The average molecular weight is 370 g/mol. The van der Waals surface area contributed by atoms with Crippen molar-refractivity contribution < 1.29 is 4.74 Å². The highest BCUT2D eigenvalue weighted by atomic mass is 16.5. The lowest BCUT2D eigenvalue weighted by atomic mass is 9.67. The molecule has 0 unspecified atom stereocenters. The molecule has 0 radical (unpaired) electrons. The maximum Gasteiger partial charge on any atom is 0.0952 e. The topological polar surface area (TPSA) is 36.5 Å². The van der Waals surface area contributed by atoms with Crippen LogP contribution in [0.25, 0.3) is 0 Å². The Bertz CT molecular complexity index is 605. The Morgan fingerprint density at radius 2 is 1.74 bits per heavy atom. The van der Waals surface area contributed by atoms with Gasteiger partial charge >= 0.3 is 0 Å². The molecule has 148 valence electrons. The van der Waals surface area contributed by atoms with Gasteiger partial charge in [-0.15, -0.1) is 0 Å². The average Bonchev–Trinajstić information content (AvgIpc) is 3.13. The van der Waals surface area contributed by atoms with Crippen LogP contribution in [0.15, 0.2) is 30.3 Å². The van der Waals surface area contributed by atoms with E-state index in [1.54, 1.807) is 0 Å². The van der Waals surface area contributed by atoms with Gasteiger partial charge in [0, 0.05) is 31.2 Å². The molecule has 4 fully saturated rings. The maximum atomic E-state index is 6.22. The summed E-state index contributed by atoms with van der Waals surface area (Å²) in [5.41, 5.74) is 2.00. The second-order valence-electron chi connectivity index (χ2n) is 9.46. The first-order chi connectivity index (χ1) is 13.3. The summed E-state index contributed by atoms with van der Waals surface area (Å²) >= 11 is 0. The van der Waals surface area contributed by atoms with Crippen LogP contribution in [-0.4, -0.2) is 55.8 Å². The molecule has 0 aromatic heterocycles. The minimum atomic E-state index is 0.246. The van der Waals surface area contributed by atoms with Crippen molar-refractivity contribution in [1.29, 1.82) is 0 Å². The van der Waals surface area contributed by atoms with Crippen molar-refractivity contribution >= 4 is 0 Å². The third kappa shape index (κ3) is 3.95. The zero-order valence-corrected chi connectivity index (χ0v) is 16.5. The molecular weight excluding hydrogens is 334 g/mol. The van der Waals surface area contributed by atoms with E-state index in [4.69, 9.17) is 4.74 Å². The molecule has 0 bridgehead atoms. The number of hydrogen-bond donors (Lipinski definition) is 2. The Balaban J connectivity index is 1.12. The third-order valence-electron chi connectivity index (χ3n) is 7.77. The van der Waals surface area contributed by atoms with E-state index in [-0.39, 0.29) is 6.10 Å². The number of benzene rings is 1. The van der Waals surface area contributed by atoms with Gasteiger partial charge in [0.1, 0.15) is 0 Å². The van der Waals surface area contributed by atoms with Crippen LogP contribution in [0.3, 0.4) is 0 Å².